The van der Waals surface area contributed by atoms with E-state index in [-0.39, 0.29) is 5.95 Å². The van der Waals surface area contributed by atoms with Gasteiger partial charge in [-0.3, -0.25) is 0 Å². The Hall–Kier alpha value is -1.23. The molecule has 0 aromatic carbocycles. The van der Waals surface area contributed by atoms with Crippen molar-refractivity contribution in [3.63, 3.8) is 0 Å². The Balaban J connectivity index is 2.88. The first-order chi connectivity index (χ1) is 4.33. The van der Waals surface area contributed by atoms with Crippen LogP contribution in [0.2, 0.25) is 0 Å². The summed E-state index contributed by atoms with van der Waals surface area (Å²) < 4.78 is 0. The Labute approximate surface area is 52.1 Å². The van der Waals surface area contributed by atoms with E-state index in [1.54, 1.807) is 0 Å². The summed E-state index contributed by atoms with van der Waals surface area (Å²) in [5.74, 6) is 0.173. The third kappa shape index (κ3) is 1.33. The maximum Gasteiger partial charge on any atom is 0.240 e. The van der Waals surface area contributed by atoms with Crippen molar-refractivity contribution >= 4 is 5.95 Å². The van der Waals surface area contributed by atoms with Crippen LogP contribution in [-0.2, 0) is 6.54 Å². The molecule has 1 rings (SSSR count). The van der Waals surface area contributed by atoms with Gasteiger partial charge in [0.05, 0.1) is 11.9 Å². The number of anilines is 1. The van der Waals surface area contributed by atoms with Crippen molar-refractivity contribution in [1.82, 2.24) is 15.2 Å². The van der Waals surface area contributed by atoms with Crippen LogP contribution in [0, 0.1) is 0 Å². The minimum atomic E-state index is 0.173. The Bertz CT molecular complexity index is 181. The number of hydrogen-bond acceptors (Lipinski definition) is 5. The normalized spacial score (nSPS) is 9.44. The van der Waals surface area contributed by atoms with Crippen molar-refractivity contribution < 1.29 is 0 Å². The molecule has 0 unspecified atom stereocenters. The van der Waals surface area contributed by atoms with E-state index in [9.17, 15) is 0 Å². The molecule has 0 aliphatic rings. The summed E-state index contributed by atoms with van der Waals surface area (Å²) in [5.41, 5.74) is 11.0. The molecule has 1 heterocycles. The SMILES string of the molecule is NCc1cnc(N)nn1. The van der Waals surface area contributed by atoms with Gasteiger partial charge in [-0.25, -0.2) is 4.98 Å². The van der Waals surface area contributed by atoms with Gasteiger partial charge in [-0.2, -0.15) is 0 Å². The Morgan fingerprint density at radius 2 is 2.22 bits per heavy atom. The molecule has 9 heavy (non-hydrogen) atoms. The largest absolute Gasteiger partial charge is 0.366 e. The lowest BCUT2D eigenvalue weighted by Gasteiger charge is -1.91. The Morgan fingerprint density at radius 1 is 1.44 bits per heavy atom. The smallest absolute Gasteiger partial charge is 0.240 e. The first-order valence-corrected chi connectivity index (χ1v) is 2.47. The second-order valence-electron chi connectivity index (χ2n) is 1.51. The van der Waals surface area contributed by atoms with E-state index in [0.717, 1.165) is 0 Å². The molecule has 1 aromatic heterocycles. The molecule has 0 aliphatic heterocycles. The molecule has 0 fully saturated rings. The second kappa shape index (κ2) is 2.36. The van der Waals surface area contributed by atoms with Gasteiger partial charge in [0.25, 0.3) is 0 Å². The molecular weight excluding hydrogens is 118 g/mol. The fourth-order valence-electron chi connectivity index (χ4n) is 0.401. The van der Waals surface area contributed by atoms with Gasteiger partial charge in [0, 0.05) is 6.54 Å². The zero-order valence-electron chi connectivity index (χ0n) is 4.78. The van der Waals surface area contributed by atoms with E-state index < -0.39 is 0 Å². The van der Waals surface area contributed by atoms with Gasteiger partial charge in [-0.1, -0.05) is 0 Å². The maximum atomic E-state index is 5.22. The Kier molecular flexibility index (Phi) is 1.55. The average Bonchev–Trinajstić information content (AvgIpc) is 1.90. The first kappa shape index (κ1) is 5.90. The van der Waals surface area contributed by atoms with Crippen molar-refractivity contribution in [2.75, 3.05) is 5.73 Å². The van der Waals surface area contributed by atoms with Crippen molar-refractivity contribution in [2.45, 2.75) is 6.54 Å². The lowest BCUT2D eigenvalue weighted by atomic mass is 10.5. The van der Waals surface area contributed by atoms with Gasteiger partial charge in [-0.05, 0) is 0 Å². The maximum absolute atomic E-state index is 5.22. The van der Waals surface area contributed by atoms with Crippen molar-refractivity contribution in [3.05, 3.63) is 11.9 Å². The van der Waals surface area contributed by atoms with Crippen LogP contribution in [0.15, 0.2) is 6.20 Å². The van der Waals surface area contributed by atoms with Gasteiger partial charge in [0.1, 0.15) is 0 Å². The third-order valence-electron chi connectivity index (χ3n) is 0.836. The molecule has 0 aliphatic carbocycles. The second-order valence-corrected chi connectivity index (χ2v) is 1.51. The molecule has 0 saturated heterocycles. The molecule has 0 saturated carbocycles. The molecular formula is C4H7N5. The highest BCUT2D eigenvalue weighted by Crippen LogP contribution is 1.88. The molecule has 48 valence electrons. The quantitative estimate of drug-likeness (QED) is 0.497. The summed E-state index contributed by atoms with van der Waals surface area (Å²) in [6.07, 6.45) is 1.50. The van der Waals surface area contributed by atoms with Crippen LogP contribution in [0.5, 0.6) is 0 Å². The minimum absolute atomic E-state index is 0.173. The highest BCUT2D eigenvalue weighted by molar-refractivity contribution is 5.11. The van der Waals surface area contributed by atoms with Crippen LogP contribution < -0.4 is 11.5 Å². The van der Waals surface area contributed by atoms with Gasteiger partial charge < -0.3 is 11.5 Å². The summed E-state index contributed by atoms with van der Waals surface area (Å²) in [6.45, 7) is 0.347. The van der Waals surface area contributed by atoms with E-state index in [1.807, 2.05) is 0 Å². The van der Waals surface area contributed by atoms with Crippen LogP contribution in [0.1, 0.15) is 5.69 Å². The molecule has 5 heteroatoms. The van der Waals surface area contributed by atoms with E-state index in [4.69, 9.17) is 11.5 Å². The molecule has 0 spiro atoms. The molecule has 0 amide bonds. The van der Waals surface area contributed by atoms with E-state index in [2.05, 4.69) is 15.2 Å². The summed E-state index contributed by atoms with van der Waals surface area (Å²) in [7, 11) is 0. The lowest BCUT2D eigenvalue weighted by molar-refractivity contribution is 0.871. The van der Waals surface area contributed by atoms with Gasteiger partial charge in [-0.15, -0.1) is 10.2 Å². The van der Waals surface area contributed by atoms with Crippen molar-refractivity contribution in [1.29, 1.82) is 0 Å². The standard InChI is InChI=1S/C4H7N5/c5-1-3-2-7-4(6)9-8-3/h2H,1,5H2,(H2,6,7,9). The fraction of sp³-hybridized carbons (Fsp3) is 0.250. The number of nitrogens with two attached hydrogens (primary N) is 2. The fourth-order valence-corrected chi connectivity index (χ4v) is 0.401. The molecule has 4 N–H and O–H groups in total. The van der Waals surface area contributed by atoms with E-state index in [1.165, 1.54) is 6.20 Å². The predicted octanol–water partition coefficient (Wildman–Crippen LogP) is -1.09. The molecule has 1 aromatic rings. The first-order valence-electron chi connectivity index (χ1n) is 2.47. The van der Waals surface area contributed by atoms with Crippen LogP contribution in [0.4, 0.5) is 5.95 Å². The summed E-state index contributed by atoms with van der Waals surface area (Å²) in [5, 5.41) is 7.12. The average molecular weight is 125 g/mol. The monoisotopic (exact) mass is 125 g/mol. The van der Waals surface area contributed by atoms with Crippen molar-refractivity contribution in [3.8, 4) is 0 Å². The number of hydrogen-bond donors (Lipinski definition) is 2. The third-order valence-corrected chi connectivity index (χ3v) is 0.836. The minimum Gasteiger partial charge on any atom is -0.366 e. The van der Waals surface area contributed by atoms with Gasteiger partial charge in [0.2, 0.25) is 5.95 Å². The number of rotatable bonds is 1. The predicted molar refractivity (Wildman–Crippen MR) is 32.1 cm³/mol. The number of nitrogens with zero attached hydrogens (tertiary/aromatic N) is 3. The van der Waals surface area contributed by atoms with Gasteiger partial charge >= 0.3 is 0 Å². The lowest BCUT2D eigenvalue weighted by Crippen LogP contribution is -2.04. The topological polar surface area (TPSA) is 90.7 Å². The zero-order chi connectivity index (χ0) is 6.69. The summed E-state index contributed by atoms with van der Waals surface area (Å²) in [6, 6.07) is 0. The van der Waals surface area contributed by atoms with E-state index in [0.29, 0.717) is 12.2 Å². The highest BCUT2D eigenvalue weighted by atomic mass is 15.2. The van der Waals surface area contributed by atoms with Gasteiger partial charge in [0.15, 0.2) is 0 Å². The summed E-state index contributed by atoms with van der Waals surface area (Å²) in [4.78, 5) is 3.67. The van der Waals surface area contributed by atoms with Crippen molar-refractivity contribution in [2.24, 2.45) is 5.73 Å². The molecule has 0 bridgehead atoms. The summed E-state index contributed by atoms with van der Waals surface area (Å²) >= 11 is 0. The molecule has 5 nitrogen and oxygen atoms in total. The van der Waals surface area contributed by atoms with Crippen LogP contribution in [0.3, 0.4) is 0 Å². The van der Waals surface area contributed by atoms with Crippen LogP contribution in [0.25, 0.3) is 0 Å². The number of aromatic nitrogens is 3. The molecule has 0 atom stereocenters. The Morgan fingerprint density at radius 3 is 2.67 bits per heavy atom. The van der Waals surface area contributed by atoms with Crippen LogP contribution in [-0.4, -0.2) is 15.2 Å². The highest BCUT2D eigenvalue weighted by Gasteiger charge is 1.90. The molecule has 0 radical (unpaired) electrons. The van der Waals surface area contributed by atoms with E-state index >= 15 is 0 Å². The zero-order valence-corrected chi connectivity index (χ0v) is 4.78. The van der Waals surface area contributed by atoms with Crippen LogP contribution >= 0.6 is 0 Å². The number of nitrogen functional groups attached to an aromatic ring is 1.